The van der Waals surface area contributed by atoms with Crippen LogP contribution in [0.15, 0.2) is 47.5 Å². The van der Waals surface area contributed by atoms with Gasteiger partial charge in [-0.15, -0.1) is 10.2 Å². The zero-order chi connectivity index (χ0) is 29.1. The second-order valence-corrected chi connectivity index (χ2v) is 9.86. The highest BCUT2D eigenvalue weighted by molar-refractivity contribution is 6.30. The molecule has 4 rings (SSSR count). The quantitative estimate of drug-likeness (QED) is 0.384. The summed E-state index contributed by atoms with van der Waals surface area (Å²) in [7, 11) is 1.66. The molecule has 0 bridgehead atoms. The minimum absolute atomic E-state index is 0.264. The van der Waals surface area contributed by atoms with E-state index in [2.05, 4.69) is 10.2 Å². The number of carbonyl (C=O) groups is 1. The van der Waals surface area contributed by atoms with Crippen molar-refractivity contribution in [2.24, 2.45) is 10.9 Å². The number of Topliss-reactive ketones (excluding diaryl/α,β-unsaturated/α-hetero) is 1. The van der Waals surface area contributed by atoms with Crippen LogP contribution in [-0.2, 0) is 11.3 Å². The highest BCUT2D eigenvalue weighted by atomic mass is 35.5. The Kier molecular flexibility index (Phi) is 12.8. The fourth-order valence-electron chi connectivity index (χ4n) is 3.77. The average molecular weight is 557 g/mol. The van der Waals surface area contributed by atoms with Gasteiger partial charge in [0.15, 0.2) is 5.82 Å². The minimum atomic E-state index is -0.528. The average Bonchev–Trinajstić information content (AvgIpc) is 3.23. The van der Waals surface area contributed by atoms with Crippen LogP contribution >= 0.6 is 11.6 Å². The van der Waals surface area contributed by atoms with E-state index in [1.54, 1.807) is 14.0 Å². The predicted octanol–water partition coefficient (Wildman–Crippen LogP) is 5.74. The van der Waals surface area contributed by atoms with Gasteiger partial charge in [0, 0.05) is 22.1 Å². The minimum Gasteiger partial charge on any atom is -0.497 e. The molecular weight excluding hydrogens is 516 g/mol. The van der Waals surface area contributed by atoms with Crippen LogP contribution in [-0.4, -0.2) is 55.8 Å². The zero-order valence-electron chi connectivity index (χ0n) is 24.0. The predicted molar refractivity (Wildman–Crippen MR) is 156 cm³/mol. The van der Waals surface area contributed by atoms with Crippen molar-refractivity contribution in [2.75, 3.05) is 7.11 Å². The molecule has 212 valence electrons. The molecule has 0 saturated heterocycles. The number of aliphatic imine (C=N–C) groups is 1. The number of aliphatic hydroxyl groups is 2. The van der Waals surface area contributed by atoms with E-state index in [0.717, 1.165) is 46.3 Å². The lowest BCUT2D eigenvalue weighted by Crippen LogP contribution is -2.23. The largest absolute Gasteiger partial charge is 0.497 e. The van der Waals surface area contributed by atoms with Crippen LogP contribution in [0.4, 0.5) is 0 Å². The fraction of sp³-hybridized carbons (Fsp3) is 0.467. The molecule has 3 aromatic rings. The van der Waals surface area contributed by atoms with Crippen LogP contribution < -0.4 is 4.74 Å². The molecule has 3 atom stereocenters. The SMILES string of the molecule is CCC(C)C(C)=O.CCC(O)C(O)CC.COc1ccc2c(c1)C(c1ccc(Cl)cc1)=NCc1nnc(C)n1-2. The molecule has 9 heteroatoms. The second kappa shape index (κ2) is 15.5. The maximum atomic E-state index is 10.4. The Hall–Kier alpha value is -3.07. The van der Waals surface area contributed by atoms with Crippen molar-refractivity contribution in [1.29, 1.82) is 0 Å². The summed E-state index contributed by atoms with van der Waals surface area (Å²) in [5.74, 6) is 3.00. The lowest BCUT2D eigenvalue weighted by atomic mass is 10.00. The maximum Gasteiger partial charge on any atom is 0.159 e. The number of hydrogen-bond acceptors (Lipinski definition) is 7. The molecule has 1 aromatic heterocycles. The number of methoxy groups -OCH3 is 1. The third-order valence-electron chi connectivity index (χ3n) is 6.67. The number of aromatic nitrogens is 3. The maximum absolute atomic E-state index is 10.4. The van der Waals surface area contributed by atoms with Crippen molar-refractivity contribution in [2.45, 2.75) is 79.6 Å². The second-order valence-electron chi connectivity index (χ2n) is 9.42. The Balaban J connectivity index is 0.000000295. The smallest absolute Gasteiger partial charge is 0.159 e. The first-order valence-electron chi connectivity index (χ1n) is 13.3. The summed E-state index contributed by atoms with van der Waals surface area (Å²) >= 11 is 6.02. The van der Waals surface area contributed by atoms with Crippen LogP contribution in [0.1, 0.15) is 76.7 Å². The van der Waals surface area contributed by atoms with Gasteiger partial charge in [0.25, 0.3) is 0 Å². The number of carbonyl (C=O) groups excluding carboxylic acids is 1. The molecule has 0 saturated carbocycles. The van der Waals surface area contributed by atoms with Crippen LogP contribution in [0.2, 0.25) is 5.02 Å². The van der Waals surface area contributed by atoms with Crippen molar-refractivity contribution in [3.63, 3.8) is 0 Å². The number of benzene rings is 2. The molecule has 1 aliphatic rings. The molecule has 1 aliphatic heterocycles. The fourth-order valence-corrected chi connectivity index (χ4v) is 3.90. The number of ketones is 1. The number of aliphatic hydroxyl groups excluding tert-OH is 2. The van der Waals surface area contributed by atoms with Gasteiger partial charge in [-0.05, 0) is 63.4 Å². The summed E-state index contributed by atoms with van der Waals surface area (Å²) in [6.45, 7) is 11.7. The molecule has 0 aliphatic carbocycles. The Bertz CT molecular complexity index is 1230. The van der Waals surface area contributed by atoms with Crippen molar-refractivity contribution < 1.29 is 19.7 Å². The first kappa shape index (κ1) is 32.1. The summed E-state index contributed by atoms with van der Waals surface area (Å²) in [5, 5.41) is 26.9. The lowest BCUT2D eigenvalue weighted by molar-refractivity contribution is -0.120. The van der Waals surface area contributed by atoms with Gasteiger partial charge in [0.05, 0.1) is 30.7 Å². The van der Waals surface area contributed by atoms with Gasteiger partial charge in [-0.1, -0.05) is 51.4 Å². The zero-order valence-corrected chi connectivity index (χ0v) is 24.7. The highest BCUT2D eigenvalue weighted by Gasteiger charge is 2.22. The molecule has 0 amide bonds. The molecule has 0 radical (unpaired) electrons. The van der Waals surface area contributed by atoms with E-state index in [1.807, 2.05) is 81.7 Å². The Morgan fingerprint density at radius 1 is 1.03 bits per heavy atom. The van der Waals surface area contributed by atoms with E-state index in [9.17, 15) is 4.79 Å². The van der Waals surface area contributed by atoms with Gasteiger partial charge < -0.3 is 14.9 Å². The number of aryl methyl sites for hydroxylation is 1. The molecule has 3 unspecified atom stereocenters. The Labute approximate surface area is 236 Å². The molecule has 0 spiro atoms. The molecule has 8 nitrogen and oxygen atoms in total. The van der Waals surface area contributed by atoms with Gasteiger partial charge in [-0.3, -0.25) is 14.4 Å². The van der Waals surface area contributed by atoms with Gasteiger partial charge in [-0.25, -0.2) is 0 Å². The number of ether oxygens (including phenoxy) is 1. The molecule has 2 aromatic carbocycles. The molecular formula is C30H41ClN4O4. The number of halogens is 1. The van der Waals surface area contributed by atoms with Crippen LogP contribution in [0.5, 0.6) is 5.75 Å². The van der Waals surface area contributed by atoms with E-state index in [-0.39, 0.29) is 5.92 Å². The normalized spacial score (nSPS) is 14.1. The third-order valence-corrected chi connectivity index (χ3v) is 6.93. The van der Waals surface area contributed by atoms with Crippen LogP contribution in [0.25, 0.3) is 5.69 Å². The van der Waals surface area contributed by atoms with Crippen molar-refractivity contribution in [1.82, 2.24) is 14.8 Å². The molecule has 2 N–H and O–H groups in total. The topological polar surface area (TPSA) is 110 Å². The van der Waals surface area contributed by atoms with Gasteiger partial charge >= 0.3 is 0 Å². The van der Waals surface area contributed by atoms with E-state index in [4.69, 9.17) is 31.5 Å². The van der Waals surface area contributed by atoms with Crippen LogP contribution in [0, 0.1) is 12.8 Å². The first-order valence-corrected chi connectivity index (χ1v) is 13.7. The summed E-state index contributed by atoms with van der Waals surface area (Å²) in [6, 6.07) is 13.6. The third kappa shape index (κ3) is 8.71. The van der Waals surface area contributed by atoms with E-state index in [1.165, 1.54) is 0 Å². The Morgan fingerprint density at radius 2 is 1.64 bits per heavy atom. The van der Waals surface area contributed by atoms with Gasteiger partial charge in [0.1, 0.15) is 23.9 Å². The van der Waals surface area contributed by atoms with Crippen molar-refractivity contribution >= 4 is 23.1 Å². The number of rotatable bonds is 7. The molecule has 39 heavy (non-hydrogen) atoms. The lowest BCUT2D eigenvalue weighted by Gasteiger charge is -2.14. The van der Waals surface area contributed by atoms with E-state index >= 15 is 0 Å². The highest BCUT2D eigenvalue weighted by Crippen LogP contribution is 2.29. The summed E-state index contributed by atoms with van der Waals surface area (Å²) < 4.78 is 7.45. The van der Waals surface area contributed by atoms with Crippen molar-refractivity contribution in [3.05, 3.63) is 70.3 Å². The number of hydrogen-bond donors (Lipinski definition) is 2. The molecule has 0 fully saturated rings. The summed E-state index contributed by atoms with van der Waals surface area (Å²) in [6.07, 6.45) is 1.18. The van der Waals surface area contributed by atoms with Gasteiger partial charge in [0.2, 0.25) is 0 Å². The Morgan fingerprint density at radius 3 is 2.13 bits per heavy atom. The van der Waals surface area contributed by atoms with E-state index in [0.29, 0.717) is 30.2 Å². The van der Waals surface area contributed by atoms with Crippen molar-refractivity contribution in [3.8, 4) is 11.4 Å². The summed E-state index contributed by atoms with van der Waals surface area (Å²) in [4.78, 5) is 15.2. The van der Waals surface area contributed by atoms with E-state index < -0.39 is 12.2 Å². The number of fused-ring (bicyclic) bond motifs is 3. The summed E-state index contributed by atoms with van der Waals surface area (Å²) in [5.41, 5.74) is 3.88. The number of nitrogens with zero attached hydrogens (tertiary/aromatic N) is 4. The first-order chi connectivity index (χ1) is 18.6. The molecule has 2 heterocycles. The van der Waals surface area contributed by atoms with Gasteiger partial charge in [-0.2, -0.15) is 0 Å². The van der Waals surface area contributed by atoms with Crippen LogP contribution in [0.3, 0.4) is 0 Å². The standard InChI is InChI=1S/C18H15ClN4O.C6H14O2.C6H12O/c1-11-21-22-17-10-20-18(12-3-5-13(19)6-4-12)15-9-14(24-2)7-8-16(15)23(11)17;1-3-5(7)6(8)4-2;1-4-5(2)6(3)7/h3-9H,10H2,1-2H3;5-8H,3-4H2,1-2H3;5H,4H2,1-3H3. The monoisotopic (exact) mass is 556 g/mol.